The van der Waals surface area contributed by atoms with Crippen molar-refractivity contribution in [3.63, 3.8) is 0 Å². The molecule has 0 unspecified atom stereocenters. The Labute approximate surface area is 162 Å². The van der Waals surface area contributed by atoms with Crippen LogP contribution in [-0.4, -0.2) is 28.2 Å². The fraction of sp³-hybridized carbons (Fsp3) is 0.316. The molecule has 3 aromatic rings. The predicted octanol–water partition coefficient (Wildman–Crippen LogP) is 1.77. The normalized spacial score (nSPS) is 13.9. The molecule has 0 spiro atoms. The number of benzene rings is 1. The first-order valence-electron chi connectivity index (χ1n) is 9.11. The highest BCUT2D eigenvalue weighted by atomic mass is 32.2. The maximum Gasteiger partial charge on any atom is 0.280 e. The van der Waals surface area contributed by atoms with Gasteiger partial charge in [-0.2, -0.15) is 13.5 Å². The molecule has 0 aliphatic heterocycles. The smallest absolute Gasteiger partial charge is 0.280 e. The fourth-order valence-electron chi connectivity index (χ4n) is 3.55. The first-order chi connectivity index (χ1) is 13.4. The number of aromatic nitrogens is 4. The van der Waals surface area contributed by atoms with E-state index in [1.54, 1.807) is 29.8 Å². The van der Waals surface area contributed by atoms with Gasteiger partial charge in [-0.3, -0.25) is 9.52 Å². The number of aryl methyl sites for hydroxylation is 1. The minimum absolute atomic E-state index is 0.0308. The van der Waals surface area contributed by atoms with Gasteiger partial charge in [0.15, 0.2) is 5.03 Å². The number of H-pyrrole nitrogens is 1. The third-order valence-corrected chi connectivity index (χ3v) is 6.16. The molecular formula is C19H21N5O3S. The van der Waals surface area contributed by atoms with Gasteiger partial charge in [-0.25, -0.2) is 10.1 Å². The second-order valence-corrected chi connectivity index (χ2v) is 8.65. The van der Waals surface area contributed by atoms with Gasteiger partial charge >= 0.3 is 0 Å². The predicted molar refractivity (Wildman–Crippen MR) is 105 cm³/mol. The van der Waals surface area contributed by atoms with Gasteiger partial charge < -0.3 is 4.57 Å². The number of nitrogens with one attached hydrogen (secondary N) is 2. The molecule has 2 N–H and O–H groups in total. The van der Waals surface area contributed by atoms with Crippen molar-refractivity contribution in [2.45, 2.75) is 37.1 Å². The van der Waals surface area contributed by atoms with E-state index in [0.717, 1.165) is 48.1 Å². The first kappa shape index (κ1) is 18.4. The molecule has 28 heavy (non-hydrogen) atoms. The van der Waals surface area contributed by atoms with Crippen molar-refractivity contribution < 1.29 is 8.42 Å². The highest BCUT2D eigenvalue weighted by Crippen LogP contribution is 2.23. The molecular weight excluding hydrogens is 378 g/mol. The molecule has 8 nitrogen and oxygen atoms in total. The van der Waals surface area contributed by atoms with Gasteiger partial charge in [-0.05, 0) is 48.9 Å². The number of aromatic amines is 1. The first-order valence-corrected chi connectivity index (χ1v) is 10.6. The second-order valence-electron chi connectivity index (χ2n) is 7.02. The fourth-order valence-corrected chi connectivity index (χ4v) is 4.58. The van der Waals surface area contributed by atoms with Crippen molar-refractivity contribution in [3.8, 4) is 0 Å². The Morgan fingerprint density at radius 1 is 1.21 bits per heavy atom. The van der Waals surface area contributed by atoms with Crippen molar-refractivity contribution in [1.29, 1.82) is 0 Å². The van der Waals surface area contributed by atoms with E-state index in [2.05, 4.69) is 19.9 Å². The Kier molecular flexibility index (Phi) is 4.76. The minimum atomic E-state index is -3.75. The topological polar surface area (TPSA) is 110 Å². The second kappa shape index (κ2) is 7.23. The molecule has 2 aromatic heterocycles. The maximum atomic E-state index is 12.5. The summed E-state index contributed by atoms with van der Waals surface area (Å²) in [5.41, 5.74) is 3.99. The lowest BCUT2D eigenvalue weighted by molar-refractivity contribution is 0.598. The van der Waals surface area contributed by atoms with E-state index in [1.807, 2.05) is 6.07 Å². The van der Waals surface area contributed by atoms with Gasteiger partial charge in [0.2, 0.25) is 0 Å². The molecule has 9 heteroatoms. The third kappa shape index (κ3) is 3.70. The lowest BCUT2D eigenvalue weighted by Gasteiger charge is -2.17. The summed E-state index contributed by atoms with van der Waals surface area (Å²) >= 11 is 0. The summed E-state index contributed by atoms with van der Waals surface area (Å²) in [4.78, 5) is 15.9. The van der Waals surface area contributed by atoms with Crippen LogP contribution in [0.25, 0.3) is 0 Å². The van der Waals surface area contributed by atoms with E-state index < -0.39 is 10.0 Å². The molecule has 4 rings (SSSR count). The highest BCUT2D eigenvalue weighted by molar-refractivity contribution is 7.92. The van der Waals surface area contributed by atoms with Gasteiger partial charge in [-0.1, -0.05) is 12.1 Å². The van der Waals surface area contributed by atoms with Crippen molar-refractivity contribution in [3.05, 3.63) is 69.5 Å². The van der Waals surface area contributed by atoms with Crippen LogP contribution in [0.5, 0.6) is 0 Å². The minimum Gasteiger partial charge on any atom is -0.339 e. The van der Waals surface area contributed by atoms with E-state index >= 15 is 0 Å². The summed E-state index contributed by atoms with van der Waals surface area (Å²) in [6.45, 7) is 0. The third-order valence-electron chi connectivity index (χ3n) is 4.89. The van der Waals surface area contributed by atoms with E-state index in [9.17, 15) is 13.2 Å². The Morgan fingerprint density at radius 2 is 2.00 bits per heavy atom. The standard InChI is InChI=1S/C19H21N5O3S/c1-24-11-18(20-12-24)28(26,27)23-14-6-4-5-13(9-14)10-17-15-7-2-3-8-16(15)19(25)22-21-17/h4-6,9,11-12,23H,2-3,7-8,10H2,1H3,(H,22,25). The van der Waals surface area contributed by atoms with Gasteiger partial charge in [0, 0.05) is 30.9 Å². The Morgan fingerprint density at radius 3 is 2.75 bits per heavy atom. The zero-order valence-electron chi connectivity index (χ0n) is 15.5. The average Bonchev–Trinajstić information content (AvgIpc) is 3.12. The summed E-state index contributed by atoms with van der Waals surface area (Å²) in [6, 6.07) is 7.19. The average molecular weight is 399 g/mol. The quantitative estimate of drug-likeness (QED) is 0.680. The number of hydrogen-bond donors (Lipinski definition) is 2. The monoisotopic (exact) mass is 399 g/mol. The van der Waals surface area contributed by atoms with Gasteiger partial charge in [-0.15, -0.1) is 0 Å². The van der Waals surface area contributed by atoms with Crippen molar-refractivity contribution in [2.24, 2.45) is 7.05 Å². The zero-order chi connectivity index (χ0) is 19.7. The Hall–Kier alpha value is -2.94. The number of imidazole rings is 1. The number of anilines is 1. The summed E-state index contributed by atoms with van der Waals surface area (Å²) < 4.78 is 29.1. The van der Waals surface area contributed by atoms with E-state index in [0.29, 0.717) is 12.1 Å². The molecule has 1 aliphatic carbocycles. The summed E-state index contributed by atoms with van der Waals surface area (Å²) in [5, 5.41) is 6.82. The number of nitrogens with zero attached hydrogens (tertiary/aromatic N) is 3. The summed E-state index contributed by atoms with van der Waals surface area (Å²) in [6.07, 6.45) is 7.12. The molecule has 0 amide bonds. The molecule has 2 heterocycles. The van der Waals surface area contributed by atoms with Crippen LogP contribution in [0.15, 0.2) is 46.6 Å². The highest BCUT2D eigenvalue weighted by Gasteiger charge is 2.19. The molecule has 1 aromatic carbocycles. The molecule has 0 atom stereocenters. The van der Waals surface area contributed by atoms with Crippen molar-refractivity contribution in [2.75, 3.05) is 4.72 Å². The zero-order valence-corrected chi connectivity index (χ0v) is 16.3. The number of fused-ring (bicyclic) bond motifs is 1. The molecule has 146 valence electrons. The number of sulfonamides is 1. The van der Waals surface area contributed by atoms with Crippen LogP contribution < -0.4 is 10.3 Å². The summed E-state index contributed by atoms with van der Waals surface area (Å²) in [7, 11) is -2.03. The lowest BCUT2D eigenvalue weighted by Crippen LogP contribution is -2.23. The van der Waals surface area contributed by atoms with Crippen LogP contribution in [0.3, 0.4) is 0 Å². The largest absolute Gasteiger partial charge is 0.339 e. The van der Waals surface area contributed by atoms with Crippen molar-refractivity contribution in [1.82, 2.24) is 19.7 Å². The molecule has 0 radical (unpaired) electrons. The van der Waals surface area contributed by atoms with E-state index in [-0.39, 0.29) is 10.6 Å². The molecule has 0 saturated carbocycles. The van der Waals surface area contributed by atoms with E-state index in [1.165, 1.54) is 12.5 Å². The maximum absolute atomic E-state index is 12.5. The lowest BCUT2D eigenvalue weighted by atomic mass is 9.90. The van der Waals surface area contributed by atoms with Crippen LogP contribution in [0.4, 0.5) is 5.69 Å². The number of hydrogen-bond acceptors (Lipinski definition) is 5. The van der Waals surface area contributed by atoms with Crippen LogP contribution in [0.2, 0.25) is 0 Å². The van der Waals surface area contributed by atoms with Crippen LogP contribution in [-0.2, 0) is 36.3 Å². The SMILES string of the molecule is Cn1cnc(S(=O)(=O)Nc2cccc(Cc3n[nH]c(=O)c4c3CCCC4)c2)c1. The molecule has 0 fully saturated rings. The van der Waals surface area contributed by atoms with Crippen LogP contribution >= 0.6 is 0 Å². The van der Waals surface area contributed by atoms with Crippen LogP contribution in [0.1, 0.15) is 35.2 Å². The Balaban J connectivity index is 1.59. The molecule has 0 saturated heterocycles. The molecule has 1 aliphatic rings. The van der Waals surface area contributed by atoms with E-state index in [4.69, 9.17) is 0 Å². The van der Waals surface area contributed by atoms with Gasteiger partial charge in [0.05, 0.1) is 12.0 Å². The van der Waals surface area contributed by atoms with Gasteiger partial charge in [0.25, 0.3) is 15.6 Å². The van der Waals surface area contributed by atoms with Gasteiger partial charge in [0.1, 0.15) is 0 Å². The summed E-state index contributed by atoms with van der Waals surface area (Å²) in [5.74, 6) is 0. The van der Waals surface area contributed by atoms with Crippen molar-refractivity contribution >= 4 is 15.7 Å². The molecule has 0 bridgehead atoms. The number of rotatable bonds is 5. The van der Waals surface area contributed by atoms with Crippen LogP contribution in [0, 0.1) is 0 Å². The Bertz CT molecular complexity index is 1180.